The molecule has 0 unspecified atom stereocenters. The zero-order chi connectivity index (χ0) is 10.8. The lowest BCUT2D eigenvalue weighted by Gasteiger charge is -2.21. The van der Waals surface area contributed by atoms with Crippen LogP contribution in [0.15, 0.2) is 16.8 Å². The number of nitrogens with one attached hydrogen (secondary N) is 1. The van der Waals surface area contributed by atoms with Crippen LogP contribution in [0.25, 0.3) is 0 Å². The van der Waals surface area contributed by atoms with Gasteiger partial charge in [0.15, 0.2) is 0 Å². The van der Waals surface area contributed by atoms with Gasteiger partial charge in [-0.15, -0.1) is 0 Å². The number of rotatable bonds is 3. The lowest BCUT2D eigenvalue weighted by molar-refractivity contribution is 0.465. The standard InChI is InChI=1S/C11H21N3/c1-5-9(4)13-10(14-12)11(6-7-11)8(2)3/h5,8H,6-7,12H2,1-4H3,(H,13,14)/b9-5-. The van der Waals surface area contributed by atoms with Crippen molar-refractivity contribution in [3.05, 3.63) is 11.8 Å². The molecule has 0 aromatic carbocycles. The van der Waals surface area contributed by atoms with E-state index in [4.69, 9.17) is 5.84 Å². The van der Waals surface area contributed by atoms with Gasteiger partial charge in [-0.3, -0.25) is 0 Å². The van der Waals surface area contributed by atoms with Gasteiger partial charge < -0.3 is 5.43 Å². The molecule has 0 heterocycles. The van der Waals surface area contributed by atoms with Crippen LogP contribution in [0.3, 0.4) is 0 Å². The van der Waals surface area contributed by atoms with Gasteiger partial charge in [-0.05, 0) is 32.6 Å². The Kier molecular flexibility index (Phi) is 3.32. The summed E-state index contributed by atoms with van der Waals surface area (Å²) in [6.07, 6.45) is 4.39. The van der Waals surface area contributed by atoms with E-state index in [0.717, 1.165) is 11.5 Å². The SMILES string of the molecule is C/C=C(/C)N=C(NN)C1(C(C)C)CC1. The first-order valence-electron chi connectivity index (χ1n) is 5.25. The van der Waals surface area contributed by atoms with Crippen LogP contribution < -0.4 is 11.3 Å². The number of hydrazine groups is 1. The molecule has 3 heteroatoms. The first-order chi connectivity index (χ1) is 6.56. The zero-order valence-corrected chi connectivity index (χ0v) is 9.59. The Balaban J connectivity index is 2.87. The zero-order valence-electron chi connectivity index (χ0n) is 9.59. The van der Waals surface area contributed by atoms with Gasteiger partial charge in [0.25, 0.3) is 0 Å². The fraction of sp³-hybridized carbons (Fsp3) is 0.727. The summed E-state index contributed by atoms with van der Waals surface area (Å²) >= 11 is 0. The van der Waals surface area contributed by atoms with Crippen LogP contribution in [0.4, 0.5) is 0 Å². The summed E-state index contributed by atoms with van der Waals surface area (Å²) in [4.78, 5) is 4.51. The van der Waals surface area contributed by atoms with E-state index >= 15 is 0 Å². The van der Waals surface area contributed by atoms with Crippen molar-refractivity contribution in [3.63, 3.8) is 0 Å². The molecule has 1 rings (SSSR count). The second-order valence-corrected chi connectivity index (χ2v) is 4.35. The monoisotopic (exact) mass is 195 g/mol. The van der Waals surface area contributed by atoms with Gasteiger partial charge in [0.05, 0.1) is 0 Å². The molecule has 0 amide bonds. The molecule has 14 heavy (non-hydrogen) atoms. The van der Waals surface area contributed by atoms with E-state index in [0.29, 0.717) is 5.92 Å². The fourth-order valence-corrected chi connectivity index (χ4v) is 1.75. The third-order valence-electron chi connectivity index (χ3n) is 3.21. The number of allylic oxidation sites excluding steroid dienone is 2. The molecule has 1 aliphatic rings. The van der Waals surface area contributed by atoms with E-state index < -0.39 is 0 Å². The van der Waals surface area contributed by atoms with Gasteiger partial charge >= 0.3 is 0 Å². The molecule has 0 saturated heterocycles. The predicted molar refractivity (Wildman–Crippen MR) is 60.7 cm³/mol. The highest BCUT2D eigenvalue weighted by atomic mass is 15.3. The van der Waals surface area contributed by atoms with Crippen molar-refractivity contribution in [1.29, 1.82) is 0 Å². The van der Waals surface area contributed by atoms with Crippen molar-refractivity contribution in [2.75, 3.05) is 0 Å². The Morgan fingerprint density at radius 3 is 2.36 bits per heavy atom. The molecule has 0 spiro atoms. The second kappa shape index (κ2) is 4.13. The Labute approximate surface area is 86.4 Å². The molecule has 80 valence electrons. The van der Waals surface area contributed by atoms with Crippen LogP contribution in [0.5, 0.6) is 0 Å². The third-order valence-corrected chi connectivity index (χ3v) is 3.21. The number of hydrogen-bond acceptors (Lipinski definition) is 2. The van der Waals surface area contributed by atoms with Crippen LogP contribution in [0.2, 0.25) is 0 Å². The molecule has 0 aromatic heterocycles. The highest BCUT2D eigenvalue weighted by Gasteiger charge is 2.50. The van der Waals surface area contributed by atoms with Crippen molar-refractivity contribution < 1.29 is 0 Å². The van der Waals surface area contributed by atoms with Crippen LogP contribution in [-0.2, 0) is 0 Å². The average molecular weight is 195 g/mol. The quantitative estimate of drug-likeness (QED) is 0.314. The first-order valence-corrected chi connectivity index (χ1v) is 5.25. The molecular weight excluding hydrogens is 174 g/mol. The summed E-state index contributed by atoms with van der Waals surface area (Å²) in [5.74, 6) is 7.08. The number of amidine groups is 1. The van der Waals surface area contributed by atoms with E-state index in [9.17, 15) is 0 Å². The number of hydrogen-bond donors (Lipinski definition) is 2. The van der Waals surface area contributed by atoms with Crippen LogP contribution >= 0.6 is 0 Å². The lowest BCUT2D eigenvalue weighted by atomic mass is 9.91. The van der Waals surface area contributed by atoms with Crippen LogP contribution in [0.1, 0.15) is 40.5 Å². The van der Waals surface area contributed by atoms with Crippen molar-refractivity contribution in [2.45, 2.75) is 40.5 Å². The van der Waals surface area contributed by atoms with E-state index in [-0.39, 0.29) is 5.41 Å². The molecule has 3 N–H and O–H groups in total. The maximum absolute atomic E-state index is 5.53. The Bertz CT molecular complexity index is 260. The molecular formula is C11H21N3. The van der Waals surface area contributed by atoms with Gasteiger partial charge in [-0.2, -0.15) is 0 Å². The summed E-state index contributed by atoms with van der Waals surface area (Å²) in [7, 11) is 0. The summed E-state index contributed by atoms with van der Waals surface area (Å²) in [5, 5.41) is 0. The maximum Gasteiger partial charge on any atom is 0.122 e. The maximum atomic E-state index is 5.53. The van der Waals surface area contributed by atoms with Gasteiger partial charge in [0, 0.05) is 11.1 Å². The van der Waals surface area contributed by atoms with Crippen molar-refractivity contribution in [3.8, 4) is 0 Å². The summed E-state index contributed by atoms with van der Waals surface area (Å²) in [6, 6.07) is 0. The average Bonchev–Trinajstić information content (AvgIpc) is 2.94. The molecule has 3 nitrogen and oxygen atoms in total. The van der Waals surface area contributed by atoms with Crippen molar-refractivity contribution in [2.24, 2.45) is 22.2 Å². The van der Waals surface area contributed by atoms with Gasteiger partial charge in [0.2, 0.25) is 0 Å². The smallest absolute Gasteiger partial charge is 0.122 e. The Hall–Kier alpha value is -0.830. The number of aliphatic imine (C=N–C) groups is 1. The largest absolute Gasteiger partial charge is 0.312 e. The minimum absolute atomic E-state index is 0.221. The summed E-state index contributed by atoms with van der Waals surface area (Å²) in [5.41, 5.74) is 4.00. The molecule has 0 atom stereocenters. The first kappa shape index (κ1) is 11.2. The summed E-state index contributed by atoms with van der Waals surface area (Å²) < 4.78 is 0. The van der Waals surface area contributed by atoms with Gasteiger partial charge in [-0.1, -0.05) is 19.9 Å². The normalized spacial score (nSPS) is 21.3. The summed E-state index contributed by atoms with van der Waals surface area (Å²) in [6.45, 7) is 8.44. The van der Waals surface area contributed by atoms with Crippen molar-refractivity contribution >= 4 is 5.84 Å². The number of nitrogens with two attached hydrogens (primary N) is 1. The van der Waals surface area contributed by atoms with Crippen molar-refractivity contribution in [1.82, 2.24) is 5.43 Å². The fourth-order valence-electron chi connectivity index (χ4n) is 1.75. The molecule has 1 fully saturated rings. The Morgan fingerprint density at radius 2 is 2.07 bits per heavy atom. The molecule has 0 aliphatic heterocycles. The van der Waals surface area contributed by atoms with E-state index in [2.05, 4.69) is 24.3 Å². The molecule has 1 saturated carbocycles. The van der Waals surface area contributed by atoms with Gasteiger partial charge in [0.1, 0.15) is 5.84 Å². The molecule has 0 aromatic rings. The topological polar surface area (TPSA) is 50.4 Å². The molecule has 0 bridgehead atoms. The third kappa shape index (κ3) is 1.98. The lowest BCUT2D eigenvalue weighted by Crippen LogP contribution is -2.39. The highest BCUT2D eigenvalue weighted by molar-refractivity contribution is 5.91. The Morgan fingerprint density at radius 1 is 1.50 bits per heavy atom. The molecule has 1 aliphatic carbocycles. The van der Waals surface area contributed by atoms with Crippen LogP contribution in [-0.4, -0.2) is 5.84 Å². The molecule has 0 radical (unpaired) electrons. The second-order valence-electron chi connectivity index (χ2n) is 4.35. The van der Waals surface area contributed by atoms with E-state index in [1.807, 2.05) is 19.9 Å². The minimum Gasteiger partial charge on any atom is -0.312 e. The van der Waals surface area contributed by atoms with E-state index in [1.54, 1.807) is 0 Å². The number of nitrogens with zero attached hydrogens (tertiary/aromatic N) is 1. The van der Waals surface area contributed by atoms with Crippen LogP contribution in [0, 0.1) is 11.3 Å². The van der Waals surface area contributed by atoms with Gasteiger partial charge in [-0.25, -0.2) is 10.8 Å². The predicted octanol–water partition coefficient (Wildman–Crippen LogP) is 2.21. The van der Waals surface area contributed by atoms with E-state index in [1.165, 1.54) is 12.8 Å². The highest BCUT2D eigenvalue weighted by Crippen LogP contribution is 2.52. The minimum atomic E-state index is 0.221.